The molecular formula is C6H8N2O3S. The zero-order valence-corrected chi connectivity index (χ0v) is 7.18. The summed E-state index contributed by atoms with van der Waals surface area (Å²) in [5.74, 6) is -0.496. The van der Waals surface area contributed by atoms with Crippen LogP contribution in [0.1, 0.15) is 0 Å². The second-order valence-electron chi connectivity index (χ2n) is 2.20. The van der Waals surface area contributed by atoms with Crippen molar-refractivity contribution in [3.8, 4) is 0 Å². The highest BCUT2D eigenvalue weighted by Crippen LogP contribution is 2.18. The monoisotopic (exact) mass is 188 g/mol. The van der Waals surface area contributed by atoms with Crippen LogP contribution < -0.4 is 11.1 Å². The average molecular weight is 188 g/mol. The van der Waals surface area contributed by atoms with Crippen LogP contribution in [-0.4, -0.2) is 21.4 Å². The number of sulfone groups is 1. The molecule has 1 rings (SSSR count). The fourth-order valence-corrected chi connectivity index (χ4v) is 1.72. The first-order chi connectivity index (χ1) is 5.49. The van der Waals surface area contributed by atoms with Crippen molar-refractivity contribution in [3.05, 3.63) is 22.1 Å². The van der Waals surface area contributed by atoms with Crippen LogP contribution in [0.25, 0.3) is 0 Å². The van der Waals surface area contributed by atoms with Gasteiger partial charge in [-0.2, -0.15) is 0 Å². The van der Waals surface area contributed by atoms with E-state index < -0.39 is 15.7 Å². The molecule has 0 saturated heterocycles. The van der Waals surface area contributed by atoms with Gasteiger partial charge in [-0.1, -0.05) is 0 Å². The van der Waals surface area contributed by atoms with Gasteiger partial charge in [-0.3, -0.25) is 4.79 Å². The predicted molar refractivity (Wildman–Crippen MR) is 43.3 cm³/mol. The summed E-state index contributed by atoms with van der Waals surface area (Å²) in [5.41, 5.74) is 5.20. The Bertz CT molecular complexity index is 378. The molecule has 1 aliphatic rings. The zero-order valence-electron chi connectivity index (χ0n) is 6.37. The Morgan fingerprint density at radius 2 is 2.17 bits per heavy atom. The maximum absolute atomic E-state index is 10.9. The van der Waals surface area contributed by atoms with Crippen LogP contribution >= 0.6 is 0 Å². The Morgan fingerprint density at radius 1 is 1.58 bits per heavy atom. The van der Waals surface area contributed by atoms with Gasteiger partial charge in [0.25, 0.3) is 5.91 Å². The Hall–Kier alpha value is -1.30. The maximum atomic E-state index is 10.9. The van der Waals surface area contributed by atoms with Gasteiger partial charge in [-0.05, 0) is 6.08 Å². The molecule has 1 heterocycles. The quantitative estimate of drug-likeness (QED) is 0.543. The van der Waals surface area contributed by atoms with Crippen molar-refractivity contribution >= 4 is 15.7 Å². The zero-order chi connectivity index (χ0) is 9.35. The van der Waals surface area contributed by atoms with Crippen molar-refractivity contribution < 1.29 is 13.2 Å². The molecule has 0 spiro atoms. The molecule has 0 bridgehead atoms. The van der Waals surface area contributed by atoms with Gasteiger partial charge in [0, 0.05) is 12.5 Å². The van der Waals surface area contributed by atoms with Crippen LogP contribution in [0.15, 0.2) is 22.1 Å². The van der Waals surface area contributed by atoms with Crippen LogP contribution in [0.2, 0.25) is 0 Å². The lowest BCUT2D eigenvalue weighted by molar-refractivity contribution is -0.116. The van der Waals surface area contributed by atoms with E-state index in [1.165, 1.54) is 13.1 Å². The van der Waals surface area contributed by atoms with E-state index in [0.29, 0.717) is 0 Å². The molecule has 0 aromatic carbocycles. The molecule has 0 saturated carbocycles. The highest BCUT2D eigenvalue weighted by atomic mass is 32.2. The number of hydrogen-bond donors (Lipinski definition) is 2. The third-order valence-corrected chi connectivity index (χ3v) is 2.78. The molecule has 3 N–H and O–H groups in total. The minimum Gasteiger partial charge on any atom is -0.389 e. The van der Waals surface area contributed by atoms with Gasteiger partial charge in [0.1, 0.15) is 5.03 Å². The van der Waals surface area contributed by atoms with E-state index in [4.69, 9.17) is 5.73 Å². The highest BCUT2D eigenvalue weighted by molar-refractivity contribution is 7.98. The van der Waals surface area contributed by atoms with Crippen LogP contribution in [0.5, 0.6) is 0 Å². The number of nitrogens with two attached hydrogens (primary N) is 1. The van der Waals surface area contributed by atoms with E-state index in [1.54, 1.807) is 0 Å². The Morgan fingerprint density at radius 3 is 2.50 bits per heavy atom. The fourth-order valence-electron chi connectivity index (χ4n) is 0.789. The predicted octanol–water partition coefficient (Wildman–Crippen LogP) is -1.16. The summed E-state index contributed by atoms with van der Waals surface area (Å²) in [7, 11) is -2.11. The normalized spacial score (nSPS) is 19.8. The van der Waals surface area contributed by atoms with Gasteiger partial charge in [0.15, 0.2) is 0 Å². The third-order valence-electron chi connectivity index (χ3n) is 1.46. The first-order valence-corrected chi connectivity index (χ1v) is 4.68. The van der Waals surface area contributed by atoms with Gasteiger partial charge < -0.3 is 11.1 Å². The molecule has 1 amide bonds. The SMILES string of the molecule is CNC(=O)C1=C(N)S(=O)(=O)C=C1. The lowest BCUT2D eigenvalue weighted by Crippen LogP contribution is -2.22. The summed E-state index contributed by atoms with van der Waals surface area (Å²) >= 11 is 0. The molecule has 0 aromatic rings. The Labute approximate surface area is 69.9 Å². The number of amides is 1. The van der Waals surface area contributed by atoms with Crippen molar-refractivity contribution in [3.63, 3.8) is 0 Å². The van der Waals surface area contributed by atoms with E-state index in [0.717, 1.165) is 5.41 Å². The van der Waals surface area contributed by atoms with Gasteiger partial charge >= 0.3 is 0 Å². The summed E-state index contributed by atoms with van der Waals surface area (Å²) in [6.07, 6.45) is 1.18. The van der Waals surface area contributed by atoms with Crippen LogP contribution in [0.4, 0.5) is 0 Å². The molecule has 0 fully saturated rings. The molecular weight excluding hydrogens is 180 g/mol. The van der Waals surface area contributed by atoms with Crippen molar-refractivity contribution in [1.29, 1.82) is 0 Å². The van der Waals surface area contributed by atoms with Crippen LogP contribution in [0.3, 0.4) is 0 Å². The van der Waals surface area contributed by atoms with E-state index in [2.05, 4.69) is 5.32 Å². The molecule has 0 aliphatic carbocycles. The summed E-state index contributed by atoms with van der Waals surface area (Å²) < 4.78 is 21.9. The minimum absolute atomic E-state index is 0.00231. The molecule has 0 atom stereocenters. The number of carbonyl (C=O) groups excluding carboxylic acids is 1. The van der Waals surface area contributed by atoms with Crippen molar-refractivity contribution in [2.24, 2.45) is 5.73 Å². The van der Waals surface area contributed by atoms with E-state index in [1.807, 2.05) is 0 Å². The van der Waals surface area contributed by atoms with E-state index >= 15 is 0 Å². The molecule has 12 heavy (non-hydrogen) atoms. The molecule has 6 heteroatoms. The topological polar surface area (TPSA) is 89.3 Å². The first kappa shape index (κ1) is 8.79. The maximum Gasteiger partial charge on any atom is 0.253 e. The van der Waals surface area contributed by atoms with Crippen LogP contribution in [0, 0.1) is 0 Å². The summed E-state index contributed by atoms with van der Waals surface area (Å²) in [6, 6.07) is 0. The van der Waals surface area contributed by atoms with Crippen molar-refractivity contribution in [2.75, 3.05) is 7.05 Å². The molecule has 66 valence electrons. The average Bonchev–Trinajstić information content (AvgIpc) is 2.27. The summed E-state index contributed by atoms with van der Waals surface area (Å²) in [4.78, 5) is 10.9. The van der Waals surface area contributed by atoms with Crippen molar-refractivity contribution in [2.45, 2.75) is 0 Å². The molecule has 5 nitrogen and oxygen atoms in total. The van der Waals surface area contributed by atoms with Crippen LogP contribution in [-0.2, 0) is 14.6 Å². The summed E-state index contributed by atoms with van der Waals surface area (Å²) in [5, 5.41) is 2.81. The van der Waals surface area contributed by atoms with Gasteiger partial charge in [-0.25, -0.2) is 8.42 Å². The second-order valence-corrected chi connectivity index (χ2v) is 4.01. The lowest BCUT2D eigenvalue weighted by Gasteiger charge is -1.98. The minimum atomic E-state index is -3.51. The Balaban J connectivity index is 3.19. The van der Waals surface area contributed by atoms with Crippen molar-refractivity contribution in [1.82, 2.24) is 5.32 Å². The van der Waals surface area contributed by atoms with E-state index in [9.17, 15) is 13.2 Å². The third kappa shape index (κ3) is 1.20. The molecule has 0 aromatic heterocycles. The fraction of sp³-hybridized carbons (Fsp3) is 0.167. The van der Waals surface area contributed by atoms with Gasteiger partial charge in [0.05, 0.1) is 5.57 Å². The van der Waals surface area contributed by atoms with Gasteiger partial charge in [0.2, 0.25) is 9.84 Å². The largest absolute Gasteiger partial charge is 0.389 e. The smallest absolute Gasteiger partial charge is 0.253 e. The second kappa shape index (κ2) is 2.63. The highest BCUT2D eigenvalue weighted by Gasteiger charge is 2.24. The molecule has 0 radical (unpaired) electrons. The number of carbonyl (C=O) groups is 1. The van der Waals surface area contributed by atoms with E-state index in [-0.39, 0.29) is 10.6 Å². The summed E-state index contributed by atoms with van der Waals surface area (Å²) in [6.45, 7) is 0. The molecule has 1 aliphatic heterocycles. The van der Waals surface area contributed by atoms with Gasteiger partial charge in [-0.15, -0.1) is 0 Å². The molecule has 0 unspecified atom stereocenters. The Kier molecular flexibility index (Phi) is 1.93. The number of likely N-dealkylation sites (N-methyl/N-ethyl adjacent to an activating group) is 1. The number of hydrogen-bond acceptors (Lipinski definition) is 4. The lowest BCUT2D eigenvalue weighted by atomic mass is 10.3. The standard InChI is InChI=1S/C6H8N2O3S/c1-8-6(9)4-2-3-12(10,11)5(4)7/h2-3H,7H2,1H3,(H,8,9). The first-order valence-electron chi connectivity index (χ1n) is 3.14. The number of nitrogens with one attached hydrogen (secondary N) is 1. The number of rotatable bonds is 1.